The highest BCUT2D eigenvalue weighted by atomic mass is 16.5. The summed E-state index contributed by atoms with van der Waals surface area (Å²) in [5.74, 6) is 1.74. The van der Waals surface area contributed by atoms with Gasteiger partial charge in [0, 0.05) is 5.56 Å². The van der Waals surface area contributed by atoms with Gasteiger partial charge in [-0.1, -0.05) is 30.3 Å². The zero-order valence-electron chi connectivity index (χ0n) is 12.4. The lowest BCUT2D eigenvalue weighted by Crippen LogP contribution is -2.25. The highest BCUT2D eigenvalue weighted by Gasteiger charge is 2.10. The molecule has 118 valence electrons. The lowest BCUT2D eigenvalue weighted by molar-refractivity contribution is 0.0608. The molecule has 0 bridgehead atoms. The van der Waals surface area contributed by atoms with Gasteiger partial charge in [-0.2, -0.15) is 0 Å². The van der Waals surface area contributed by atoms with Crippen LogP contribution in [0.15, 0.2) is 48.5 Å². The summed E-state index contributed by atoms with van der Waals surface area (Å²) in [5, 5.41) is 19.2. The summed E-state index contributed by atoms with van der Waals surface area (Å²) < 4.78 is 16.2. The molecule has 0 aliphatic rings. The summed E-state index contributed by atoms with van der Waals surface area (Å²) in [4.78, 5) is 0. The number of para-hydroxylation sites is 3. The fourth-order valence-electron chi connectivity index (χ4n) is 1.93. The minimum absolute atomic E-state index is 0.0756. The van der Waals surface area contributed by atoms with Crippen LogP contribution in [-0.2, 0) is 6.61 Å². The first-order valence-electron chi connectivity index (χ1n) is 7.00. The van der Waals surface area contributed by atoms with Crippen molar-refractivity contribution in [2.45, 2.75) is 12.7 Å². The third-order valence-corrected chi connectivity index (χ3v) is 3.07. The molecule has 0 heterocycles. The Hall–Kier alpha value is -2.24. The van der Waals surface area contributed by atoms with E-state index in [1.807, 2.05) is 24.3 Å². The van der Waals surface area contributed by atoms with E-state index in [9.17, 15) is 10.2 Å². The first kappa shape index (κ1) is 16.1. The van der Waals surface area contributed by atoms with E-state index in [0.717, 1.165) is 0 Å². The Morgan fingerprint density at radius 2 is 1.41 bits per heavy atom. The highest BCUT2D eigenvalue weighted by Crippen LogP contribution is 2.25. The molecule has 0 amide bonds. The third-order valence-electron chi connectivity index (χ3n) is 3.07. The molecule has 2 aromatic carbocycles. The zero-order chi connectivity index (χ0) is 15.8. The van der Waals surface area contributed by atoms with Gasteiger partial charge in [0.05, 0.1) is 13.7 Å². The topological polar surface area (TPSA) is 68.2 Å². The first-order chi connectivity index (χ1) is 10.7. The van der Waals surface area contributed by atoms with E-state index in [4.69, 9.17) is 14.2 Å². The molecule has 0 aliphatic carbocycles. The van der Waals surface area contributed by atoms with Crippen LogP contribution in [0, 0.1) is 0 Å². The molecule has 0 aromatic heterocycles. The third kappa shape index (κ3) is 4.38. The number of benzene rings is 2. The van der Waals surface area contributed by atoms with Crippen molar-refractivity contribution < 1.29 is 24.4 Å². The van der Waals surface area contributed by atoms with Gasteiger partial charge in [0.25, 0.3) is 0 Å². The van der Waals surface area contributed by atoms with Gasteiger partial charge in [-0.05, 0) is 18.2 Å². The van der Waals surface area contributed by atoms with Gasteiger partial charge >= 0.3 is 0 Å². The molecule has 0 spiro atoms. The van der Waals surface area contributed by atoms with Crippen molar-refractivity contribution in [1.29, 1.82) is 0 Å². The van der Waals surface area contributed by atoms with E-state index in [1.54, 1.807) is 31.4 Å². The Balaban J connectivity index is 1.84. The zero-order valence-corrected chi connectivity index (χ0v) is 12.4. The molecule has 2 aromatic rings. The van der Waals surface area contributed by atoms with Gasteiger partial charge in [-0.15, -0.1) is 0 Å². The standard InChI is InChI=1S/C17H20O5/c1-20-16-8-4-5-9-17(16)22-12-14(19)11-21-15-7-3-2-6-13(15)10-18/h2-9,14,18-19H,10-12H2,1H3. The van der Waals surface area contributed by atoms with Crippen molar-refractivity contribution in [3.8, 4) is 17.2 Å². The number of aliphatic hydroxyl groups excluding tert-OH is 2. The predicted molar refractivity (Wildman–Crippen MR) is 82.4 cm³/mol. The fraction of sp³-hybridized carbons (Fsp3) is 0.294. The van der Waals surface area contributed by atoms with Crippen LogP contribution >= 0.6 is 0 Å². The van der Waals surface area contributed by atoms with E-state index >= 15 is 0 Å². The number of ether oxygens (including phenoxy) is 3. The summed E-state index contributed by atoms with van der Waals surface area (Å²) in [6.07, 6.45) is -0.795. The average Bonchev–Trinajstić information content (AvgIpc) is 2.58. The van der Waals surface area contributed by atoms with Crippen LogP contribution in [0.1, 0.15) is 5.56 Å². The van der Waals surface area contributed by atoms with Crippen LogP contribution in [0.2, 0.25) is 0 Å². The number of aliphatic hydroxyl groups is 2. The van der Waals surface area contributed by atoms with Crippen molar-refractivity contribution in [2.24, 2.45) is 0 Å². The van der Waals surface area contributed by atoms with Crippen LogP contribution in [0.5, 0.6) is 17.2 Å². The number of hydrogen-bond donors (Lipinski definition) is 2. The molecule has 1 unspecified atom stereocenters. The SMILES string of the molecule is COc1ccccc1OCC(O)COc1ccccc1CO. The molecular formula is C17H20O5. The Morgan fingerprint density at radius 3 is 2.05 bits per heavy atom. The first-order valence-corrected chi connectivity index (χ1v) is 7.00. The van der Waals surface area contributed by atoms with Crippen LogP contribution in [0.4, 0.5) is 0 Å². The molecule has 0 fully saturated rings. The van der Waals surface area contributed by atoms with Crippen molar-refractivity contribution in [3.63, 3.8) is 0 Å². The largest absolute Gasteiger partial charge is 0.493 e. The Kier molecular flexibility index (Phi) is 6.06. The number of rotatable bonds is 8. The van der Waals surface area contributed by atoms with E-state index in [1.165, 1.54) is 0 Å². The Bertz CT molecular complexity index is 533. The quantitative estimate of drug-likeness (QED) is 0.781. The summed E-state index contributed by atoms with van der Waals surface area (Å²) in [7, 11) is 1.56. The highest BCUT2D eigenvalue weighted by molar-refractivity contribution is 5.39. The summed E-state index contributed by atoms with van der Waals surface area (Å²) >= 11 is 0. The van der Waals surface area contributed by atoms with Gasteiger partial charge in [0.2, 0.25) is 0 Å². The van der Waals surface area contributed by atoms with Crippen molar-refractivity contribution >= 4 is 0 Å². The van der Waals surface area contributed by atoms with Gasteiger partial charge in [-0.3, -0.25) is 0 Å². The molecule has 22 heavy (non-hydrogen) atoms. The summed E-state index contributed by atoms with van der Waals surface area (Å²) in [5.41, 5.74) is 0.681. The summed E-state index contributed by atoms with van der Waals surface area (Å²) in [6.45, 7) is 0.0534. The summed E-state index contributed by atoms with van der Waals surface area (Å²) in [6, 6.07) is 14.4. The van der Waals surface area contributed by atoms with Crippen molar-refractivity contribution in [2.75, 3.05) is 20.3 Å². The molecule has 0 saturated carbocycles. The van der Waals surface area contributed by atoms with Crippen molar-refractivity contribution in [3.05, 3.63) is 54.1 Å². The van der Waals surface area contributed by atoms with E-state index in [-0.39, 0.29) is 19.8 Å². The molecule has 2 rings (SSSR count). The second-order valence-electron chi connectivity index (χ2n) is 4.69. The Labute approximate surface area is 129 Å². The lowest BCUT2D eigenvalue weighted by atomic mass is 10.2. The van der Waals surface area contributed by atoms with Crippen LogP contribution in [0.25, 0.3) is 0 Å². The van der Waals surface area contributed by atoms with Crippen molar-refractivity contribution in [1.82, 2.24) is 0 Å². The molecule has 0 saturated heterocycles. The smallest absolute Gasteiger partial charge is 0.161 e. The maximum absolute atomic E-state index is 9.95. The maximum atomic E-state index is 9.95. The Morgan fingerprint density at radius 1 is 0.864 bits per heavy atom. The normalized spacial score (nSPS) is 11.8. The van der Waals surface area contributed by atoms with Gasteiger partial charge < -0.3 is 24.4 Å². The van der Waals surface area contributed by atoms with Crippen LogP contribution < -0.4 is 14.2 Å². The second kappa shape index (κ2) is 8.26. The molecule has 0 radical (unpaired) electrons. The number of methoxy groups -OCH3 is 1. The van der Waals surface area contributed by atoms with Gasteiger partial charge in [0.1, 0.15) is 25.1 Å². The average molecular weight is 304 g/mol. The molecule has 0 aliphatic heterocycles. The van der Waals surface area contributed by atoms with E-state index in [2.05, 4.69) is 0 Å². The van der Waals surface area contributed by atoms with Crippen LogP contribution in [0.3, 0.4) is 0 Å². The molecule has 5 heteroatoms. The van der Waals surface area contributed by atoms with Crippen LogP contribution in [-0.4, -0.2) is 36.6 Å². The lowest BCUT2D eigenvalue weighted by Gasteiger charge is -2.16. The van der Waals surface area contributed by atoms with E-state index < -0.39 is 6.10 Å². The predicted octanol–water partition coefficient (Wildman–Crippen LogP) is 2.01. The van der Waals surface area contributed by atoms with Gasteiger partial charge in [0.15, 0.2) is 11.5 Å². The minimum atomic E-state index is -0.795. The molecule has 1 atom stereocenters. The van der Waals surface area contributed by atoms with E-state index in [0.29, 0.717) is 22.8 Å². The van der Waals surface area contributed by atoms with Gasteiger partial charge in [-0.25, -0.2) is 0 Å². The maximum Gasteiger partial charge on any atom is 0.161 e. The molecular weight excluding hydrogens is 284 g/mol. The molecule has 2 N–H and O–H groups in total. The molecule has 5 nitrogen and oxygen atoms in total. The monoisotopic (exact) mass is 304 g/mol. The minimum Gasteiger partial charge on any atom is -0.493 e. The number of hydrogen-bond acceptors (Lipinski definition) is 5. The fourth-order valence-corrected chi connectivity index (χ4v) is 1.93. The second-order valence-corrected chi connectivity index (χ2v) is 4.69.